The molecule has 0 aromatic carbocycles. The van der Waals surface area contributed by atoms with Crippen molar-refractivity contribution in [2.24, 2.45) is 5.73 Å². The van der Waals surface area contributed by atoms with Crippen molar-refractivity contribution in [3.05, 3.63) is 0 Å². The van der Waals surface area contributed by atoms with Crippen LogP contribution in [0.5, 0.6) is 0 Å². The molecule has 6 nitrogen and oxygen atoms in total. The lowest BCUT2D eigenvalue weighted by Gasteiger charge is -2.14. The Morgan fingerprint density at radius 3 is 2.00 bits per heavy atom. The van der Waals surface area contributed by atoms with Gasteiger partial charge >= 0.3 is 7.82 Å². The third kappa shape index (κ3) is 5.76. The van der Waals surface area contributed by atoms with Gasteiger partial charge in [0.15, 0.2) is 0 Å². The van der Waals surface area contributed by atoms with Gasteiger partial charge in [-0.2, -0.15) is 0 Å². The zero-order valence-electron chi connectivity index (χ0n) is 7.69. The van der Waals surface area contributed by atoms with E-state index in [1.54, 1.807) is 13.8 Å². The molecule has 1 amide bonds. The average Bonchev–Trinajstić information content (AvgIpc) is 2.02. The number of carbonyl (C=O) groups is 1. The van der Waals surface area contributed by atoms with Gasteiger partial charge in [-0.05, 0) is 13.8 Å². The van der Waals surface area contributed by atoms with E-state index in [0.29, 0.717) is 0 Å². The van der Waals surface area contributed by atoms with Gasteiger partial charge in [0, 0.05) is 0 Å². The maximum Gasteiger partial charge on any atom is 0.475 e. The summed E-state index contributed by atoms with van der Waals surface area (Å²) < 4.78 is 25.5. The second kappa shape index (κ2) is 6.10. The molecule has 0 unspecified atom stereocenters. The van der Waals surface area contributed by atoms with E-state index in [0.717, 1.165) is 0 Å². The molecule has 0 aliphatic heterocycles. The first-order chi connectivity index (χ1) is 6.04. The van der Waals surface area contributed by atoms with E-state index in [9.17, 15) is 9.36 Å². The molecule has 0 bridgehead atoms. The lowest BCUT2D eigenvalue weighted by molar-refractivity contribution is -0.120. The Bertz CT molecular complexity index is 197. The third-order valence-corrected chi connectivity index (χ3v) is 2.53. The van der Waals surface area contributed by atoms with E-state index >= 15 is 0 Å². The van der Waals surface area contributed by atoms with E-state index in [1.165, 1.54) is 0 Å². The molecular weight excluding hydrogens is 197 g/mol. The molecule has 0 aliphatic carbocycles. The normalized spacial score (nSPS) is 11.5. The largest absolute Gasteiger partial charge is 0.475 e. The van der Waals surface area contributed by atoms with Crippen molar-refractivity contribution in [2.45, 2.75) is 13.8 Å². The Morgan fingerprint density at radius 1 is 1.23 bits per heavy atom. The zero-order chi connectivity index (χ0) is 10.3. The second-order valence-corrected chi connectivity index (χ2v) is 3.69. The smallest absolute Gasteiger partial charge is 0.368 e. The number of hydrogen-bond acceptors (Lipinski definition) is 5. The molecular formula is C6H14NO5P. The van der Waals surface area contributed by atoms with E-state index < -0.39 is 20.3 Å². The molecule has 0 spiro atoms. The third-order valence-electron chi connectivity index (χ3n) is 0.939. The lowest BCUT2D eigenvalue weighted by atomic mass is 10.7. The highest BCUT2D eigenvalue weighted by molar-refractivity contribution is 7.48. The topological polar surface area (TPSA) is 87.8 Å². The van der Waals surface area contributed by atoms with Crippen LogP contribution in [0.25, 0.3) is 0 Å². The van der Waals surface area contributed by atoms with Crippen LogP contribution in [-0.4, -0.2) is 25.7 Å². The number of hydrogen-bond donors (Lipinski definition) is 1. The van der Waals surface area contributed by atoms with E-state index in [2.05, 4.69) is 4.52 Å². The van der Waals surface area contributed by atoms with Crippen LogP contribution in [0.3, 0.4) is 0 Å². The predicted octanol–water partition coefficient (Wildman–Crippen LogP) is 0.669. The molecule has 0 fully saturated rings. The fourth-order valence-electron chi connectivity index (χ4n) is 0.571. The molecule has 7 heteroatoms. The molecule has 0 heterocycles. The summed E-state index contributed by atoms with van der Waals surface area (Å²) in [5, 5.41) is 0. The van der Waals surface area contributed by atoms with Crippen molar-refractivity contribution >= 4 is 13.7 Å². The van der Waals surface area contributed by atoms with Gasteiger partial charge in [0.2, 0.25) is 5.91 Å². The Balaban J connectivity index is 4.07. The van der Waals surface area contributed by atoms with Crippen molar-refractivity contribution < 1.29 is 22.9 Å². The first kappa shape index (κ1) is 12.6. The zero-order valence-corrected chi connectivity index (χ0v) is 8.58. The highest BCUT2D eigenvalue weighted by atomic mass is 31.2. The molecule has 78 valence electrons. The number of nitrogens with two attached hydrogens (primary N) is 1. The first-order valence-corrected chi connectivity index (χ1v) is 5.32. The summed E-state index contributed by atoms with van der Waals surface area (Å²) in [7, 11) is -3.57. The molecule has 0 saturated heterocycles. The van der Waals surface area contributed by atoms with Gasteiger partial charge in [-0.1, -0.05) is 0 Å². The van der Waals surface area contributed by atoms with Gasteiger partial charge in [-0.25, -0.2) is 4.57 Å². The van der Waals surface area contributed by atoms with Crippen molar-refractivity contribution in [1.82, 2.24) is 0 Å². The van der Waals surface area contributed by atoms with Gasteiger partial charge in [-0.15, -0.1) is 0 Å². The highest BCUT2D eigenvalue weighted by Crippen LogP contribution is 2.48. The molecule has 2 N–H and O–H groups in total. The molecule has 0 aromatic heterocycles. The second-order valence-electron chi connectivity index (χ2n) is 2.02. The van der Waals surface area contributed by atoms with Crippen LogP contribution < -0.4 is 5.73 Å². The van der Waals surface area contributed by atoms with Crippen molar-refractivity contribution in [3.63, 3.8) is 0 Å². The van der Waals surface area contributed by atoms with Crippen LogP contribution >= 0.6 is 7.82 Å². The van der Waals surface area contributed by atoms with E-state index in [-0.39, 0.29) is 13.2 Å². The molecule has 0 rings (SSSR count). The maximum absolute atomic E-state index is 11.4. The number of primary amides is 1. The van der Waals surface area contributed by atoms with E-state index in [4.69, 9.17) is 14.8 Å². The molecule has 13 heavy (non-hydrogen) atoms. The molecule has 0 atom stereocenters. The molecule has 0 saturated carbocycles. The molecule has 0 aliphatic rings. The van der Waals surface area contributed by atoms with Crippen molar-refractivity contribution in [2.75, 3.05) is 19.8 Å². The molecule has 0 radical (unpaired) electrons. The first-order valence-electron chi connectivity index (χ1n) is 3.86. The summed E-state index contributed by atoms with van der Waals surface area (Å²) in [6.07, 6.45) is 0. The quantitative estimate of drug-likeness (QED) is 0.625. The number of phosphoric acid groups is 1. The summed E-state index contributed by atoms with van der Waals surface area (Å²) in [5.41, 5.74) is 4.80. The van der Waals surface area contributed by atoms with Gasteiger partial charge < -0.3 is 5.73 Å². The SMILES string of the molecule is CCOP(=O)(OCC)OCC(N)=O. The van der Waals surface area contributed by atoms with Crippen molar-refractivity contribution in [3.8, 4) is 0 Å². The van der Waals surface area contributed by atoms with Crippen LogP contribution in [-0.2, 0) is 22.9 Å². The van der Waals surface area contributed by atoms with Gasteiger partial charge in [0.25, 0.3) is 0 Å². The Kier molecular flexibility index (Phi) is 5.90. The lowest BCUT2D eigenvalue weighted by Crippen LogP contribution is -2.18. The Labute approximate surface area is 77.0 Å². The minimum Gasteiger partial charge on any atom is -0.368 e. The highest BCUT2D eigenvalue weighted by Gasteiger charge is 2.25. The van der Waals surface area contributed by atoms with Gasteiger partial charge in [0.1, 0.15) is 6.61 Å². The monoisotopic (exact) mass is 211 g/mol. The Morgan fingerprint density at radius 2 is 1.69 bits per heavy atom. The summed E-state index contributed by atoms with van der Waals surface area (Å²) in [6, 6.07) is 0. The number of phosphoric ester groups is 1. The molecule has 0 aromatic rings. The maximum atomic E-state index is 11.4. The number of rotatable bonds is 7. The summed E-state index contributed by atoms with van der Waals surface area (Å²) in [5.74, 6) is -0.723. The average molecular weight is 211 g/mol. The van der Waals surface area contributed by atoms with Crippen LogP contribution in [0.2, 0.25) is 0 Å². The summed E-state index contributed by atoms with van der Waals surface area (Å²) >= 11 is 0. The fraction of sp³-hybridized carbons (Fsp3) is 0.833. The fourth-order valence-corrected chi connectivity index (χ4v) is 1.71. The summed E-state index contributed by atoms with van der Waals surface area (Å²) in [6.45, 7) is 3.15. The van der Waals surface area contributed by atoms with Gasteiger partial charge in [0.05, 0.1) is 13.2 Å². The van der Waals surface area contributed by atoms with E-state index in [1.807, 2.05) is 0 Å². The van der Waals surface area contributed by atoms with Crippen LogP contribution in [0.1, 0.15) is 13.8 Å². The number of carbonyl (C=O) groups excluding carboxylic acids is 1. The number of amides is 1. The van der Waals surface area contributed by atoms with Crippen molar-refractivity contribution in [1.29, 1.82) is 0 Å². The van der Waals surface area contributed by atoms with Crippen LogP contribution in [0.15, 0.2) is 0 Å². The predicted molar refractivity (Wildman–Crippen MR) is 46.0 cm³/mol. The Hall–Kier alpha value is -0.420. The van der Waals surface area contributed by atoms with Gasteiger partial charge in [-0.3, -0.25) is 18.4 Å². The van der Waals surface area contributed by atoms with Crippen LogP contribution in [0.4, 0.5) is 0 Å². The van der Waals surface area contributed by atoms with Crippen LogP contribution in [0, 0.1) is 0 Å². The minimum atomic E-state index is -3.57. The standard InChI is InChI=1S/C6H14NO5P/c1-3-10-13(9,11-4-2)12-5-6(7)8/h3-5H2,1-2H3,(H2,7,8). The minimum absolute atomic E-state index is 0.177. The summed E-state index contributed by atoms with van der Waals surface area (Å²) in [4.78, 5) is 10.3.